The van der Waals surface area contributed by atoms with Gasteiger partial charge in [-0.3, -0.25) is 0 Å². The number of hydrogen-bond acceptors (Lipinski definition) is 2. The molecule has 9 aromatic carbocycles. The Morgan fingerprint density at radius 1 is 0.397 bits per heavy atom. The second-order valence-electron chi connectivity index (χ2n) is 15.2. The third-order valence-corrected chi connectivity index (χ3v) is 13.4. The second-order valence-corrected chi connectivity index (χ2v) is 16.3. The van der Waals surface area contributed by atoms with Crippen LogP contribution in [0.15, 0.2) is 228 Å². The average molecular weight is 757 g/mol. The molecule has 0 saturated heterocycles. The Morgan fingerprint density at radius 2 is 1.00 bits per heavy atom. The first-order chi connectivity index (χ1) is 28.8. The summed E-state index contributed by atoms with van der Waals surface area (Å²) in [5.74, 6) is 0. The van der Waals surface area contributed by atoms with Crippen LogP contribution < -0.4 is 4.90 Å². The van der Waals surface area contributed by atoms with Gasteiger partial charge in [0.15, 0.2) is 0 Å². The van der Waals surface area contributed by atoms with Crippen molar-refractivity contribution in [1.82, 2.24) is 4.57 Å². The molecule has 0 bridgehead atoms. The van der Waals surface area contributed by atoms with Crippen LogP contribution in [-0.2, 0) is 5.41 Å². The van der Waals surface area contributed by atoms with Crippen LogP contribution in [0.5, 0.6) is 0 Å². The molecular weight excluding hydrogens is 721 g/mol. The molecule has 10 aromatic rings. The fraction of sp³-hybridized carbons (Fsp3) is 0.0182. The maximum atomic E-state index is 2.52. The van der Waals surface area contributed by atoms with Gasteiger partial charge < -0.3 is 9.47 Å². The van der Waals surface area contributed by atoms with Gasteiger partial charge in [-0.05, 0) is 93.5 Å². The standard InChI is InChI=1S/C55H36N2S/c1-3-16-37(17-4-1)38-30-32-40(33-31-38)56(49-26-11-7-20-42(49)39-18-5-2-6-19-39)41-34-35-53-48(36-41)55(46-24-10-14-29-52(46)58-53)45-23-9-13-28-51(45)57-50-27-12-8-21-43(50)44-22-15-25-47(55)54(44)57/h1-36H. The molecule has 0 radical (unpaired) electrons. The minimum Gasteiger partial charge on any atom is -0.310 e. The van der Waals surface area contributed by atoms with Crippen molar-refractivity contribution in [3.05, 3.63) is 241 Å². The third-order valence-electron chi connectivity index (χ3n) is 12.2. The van der Waals surface area contributed by atoms with Crippen molar-refractivity contribution in [2.45, 2.75) is 15.2 Å². The van der Waals surface area contributed by atoms with E-state index >= 15 is 0 Å². The Bertz CT molecular complexity index is 3200. The van der Waals surface area contributed by atoms with Gasteiger partial charge in [0.1, 0.15) is 0 Å². The zero-order chi connectivity index (χ0) is 38.2. The maximum Gasteiger partial charge on any atom is 0.0765 e. The number of hydrogen-bond donors (Lipinski definition) is 0. The highest BCUT2D eigenvalue weighted by Crippen LogP contribution is 2.61. The molecule has 2 aliphatic heterocycles. The van der Waals surface area contributed by atoms with Crippen molar-refractivity contribution in [2.24, 2.45) is 0 Å². The lowest BCUT2D eigenvalue weighted by Crippen LogP contribution is -2.37. The van der Waals surface area contributed by atoms with Crippen LogP contribution in [0, 0.1) is 0 Å². The topological polar surface area (TPSA) is 8.17 Å². The molecular formula is C55H36N2S. The molecule has 0 amide bonds. The molecule has 272 valence electrons. The van der Waals surface area contributed by atoms with E-state index in [0.717, 1.165) is 17.1 Å². The zero-order valence-corrected chi connectivity index (χ0v) is 32.4. The van der Waals surface area contributed by atoms with Crippen molar-refractivity contribution in [3.63, 3.8) is 0 Å². The predicted octanol–water partition coefficient (Wildman–Crippen LogP) is 14.7. The van der Waals surface area contributed by atoms with Gasteiger partial charge >= 0.3 is 0 Å². The molecule has 1 atom stereocenters. The van der Waals surface area contributed by atoms with E-state index in [1.807, 2.05) is 11.8 Å². The van der Waals surface area contributed by atoms with Gasteiger partial charge in [-0.2, -0.15) is 0 Å². The lowest BCUT2D eigenvalue weighted by Gasteiger charge is -2.45. The van der Waals surface area contributed by atoms with E-state index in [0.29, 0.717) is 0 Å². The summed E-state index contributed by atoms with van der Waals surface area (Å²) in [6, 6.07) is 80.6. The van der Waals surface area contributed by atoms with E-state index < -0.39 is 5.41 Å². The third kappa shape index (κ3) is 4.74. The van der Waals surface area contributed by atoms with Gasteiger partial charge in [-0.15, -0.1) is 0 Å². The molecule has 3 heterocycles. The molecule has 1 unspecified atom stereocenters. The van der Waals surface area contributed by atoms with Crippen LogP contribution in [-0.4, -0.2) is 4.57 Å². The highest BCUT2D eigenvalue weighted by atomic mass is 32.2. The fourth-order valence-corrected chi connectivity index (χ4v) is 11.0. The Hall–Kier alpha value is -7.07. The number of fused-ring (bicyclic) bond motifs is 11. The molecule has 2 aliphatic rings. The van der Waals surface area contributed by atoms with Crippen molar-refractivity contribution in [2.75, 3.05) is 4.90 Å². The van der Waals surface area contributed by atoms with E-state index in [1.165, 1.54) is 81.8 Å². The van der Waals surface area contributed by atoms with E-state index in [-0.39, 0.29) is 0 Å². The van der Waals surface area contributed by atoms with Gasteiger partial charge in [-0.1, -0.05) is 176 Å². The van der Waals surface area contributed by atoms with E-state index in [1.54, 1.807) is 0 Å². The number of aromatic nitrogens is 1. The lowest BCUT2D eigenvalue weighted by atomic mass is 9.62. The smallest absolute Gasteiger partial charge is 0.0765 e. The first-order valence-electron chi connectivity index (χ1n) is 19.9. The van der Waals surface area contributed by atoms with E-state index in [2.05, 4.69) is 228 Å². The van der Waals surface area contributed by atoms with Crippen molar-refractivity contribution < 1.29 is 0 Å². The van der Waals surface area contributed by atoms with Crippen molar-refractivity contribution >= 4 is 50.6 Å². The summed E-state index contributed by atoms with van der Waals surface area (Å²) >= 11 is 1.89. The van der Waals surface area contributed by atoms with Crippen LogP contribution in [0.1, 0.15) is 22.3 Å². The summed E-state index contributed by atoms with van der Waals surface area (Å²) in [6.07, 6.45) is 0. The Balaban J connectivity index is 1.16. The van der Waals surface area contributed by atoms with Crippen LogP contribution >= 0.6 is 11.8 Å². The van der Waals surface area contributed by atoms with Gasteiger partial charge in [0.05, 0.1) is 27.8 Å². The van der Waals surface area contributed by atoms with Gasteiger partial charge in [0, 0.05) is 37.5 Å². The summed E-state index contributed by atoms with van der Waals surface area (Å²) in [6.45, 7) is 0. The van der Waals surface area contributed by atoms with Crippen LogP contribution in [0.2, 0.25) is 0 Å². The zero-order valence-electron chi connectivity index (χ0n) is 31.6. The van der Waals surface area contributed by atoms with E-state index in [4.69, 9.17) is 0 Å². The van der Waals surface area contributed by atoms with Crippen LogP contribution in [0.4, 0.5) is 17.1 Å². The second kappa shape index (κ2) is 13.0. The molecule has 58 heavy (non-hydrogen) atoms. The molecule has 12 rings (SSSR count). The highest BCUT2D eigenvalue weighted by Gasteiger charge is 2.49. The first kappa shape index (κ1) is 33.1. The Labute approximate surface area is 342 Å². The average Bonchev–Trinajstić information content (AvgIpc) is 3.64. The molecule has 1 aromatic heterocycles. The quantitative estimate of drug-likeness (QED) is 0.173. The number of benzene rings is 9. The lowest BCUT2D eigenvalue weighted by molar-refractivity contribution is 0.689. The normalized spacial score (nSPS) is 14.9. The summed E-state index contributed by atoms with van der Waals surface area (Å²) in [7, 11) is 0. The fourth-order valence-electron chi connectivity index (χ4n) is 9.84. The first-order valence-corrected chi connectivity index (χ1v) is 20.8. The molecule has 3 heteroatoms. The summed E-state index contributed by atoms with van der Waals surface area (Å²) < 4.78 is 2.52. The monoisotopic (exact) mass is 756 g/mol. The predicted molar refractivity (Wildman–Crippen MR) is 242 cm³/mol. The summed E-state index contributed by atoms with van der Waals surface area (Å²) in [4.78, 5) is 5.03. The molecule has 0 aliphatic carbocycles. The number of anilines is 3. The van der Waals surface area contributed by atoms with Gasteiger partial charge in [-0.25, -0.2) is 0 Å². The highest BCUT2D eigenvalue weighted by molar-refractivity contribution is 7.99. The molecule has 0 fully saturated rings. The van der Waals surface area contributed by atoms with Crippen molar-refractivity contribution in [3.8, 4) is 27.9 Å². The summed E-state index contributed by atoms with van der Waals surface area (Å²) in [5, 5.41) is 2.56. The molecule has 0 N–H and O–H groups in total. The molecule has 0 saturated carbocycles. The summed E-state index contributed by atoms with van der Waals surface area (Å²) in [5.41, 5.74) is 16.5. The van der Waals surface area contributed by atoms with Gasteiger partial charge in [0.2, 0.25) is 0 Å². The van der Waals surface area contributed by atoms with E-state index in [9.17, 15) is 0 Å². The van der Waals surface area contributed by atoms with Crippen molar-refractivity contribution in [1.29, 1.82) is 0 Å². The van der Waals surface area contributed by atoms with Gasteiger partial charge in [0.25, 0.3) is 0 Å². The number of para-hydroxylation sites is 4. The number of nitrogens with zero attached hydrogens (tertiary/aromatic N) is 2. The molecule has 2 nitrogen and oxygen atoms in total. The number of rotatable bonds is 5. The molecule has 1 spiro atoms. The maximum absolute atomic E-state index is 2.52. The minimum atomic E-state index is -0.574. The largest absolute Gasteiger partial charge is 0.310 e. The Kier molecular flexibility index (Phi) is 7.41. The van der Waals surface area contributed by atoms with Crippen LogP contribution in [0.25, 0.3) is 49.7 Å². The van der Waals surface area contributed by atoms with Crippen LogP contribution in [0.3, 0.4) is 0 Å². The minimum absolute atomic E-state index is 0.574. The Morgan fingerprint density at radius 3 is 1.84 bits per heavy atom. The SMILES string of the molecule is c1ccc(-c2ccc(N(c3ccc4c(c3)C3(c5ccccc5S4)c4ccccc4-n4c5ccccc5c5cccc3c54)c3ccccc3-c3ccccc3)cc2)cc1.